The first-order valence-electron chi connectivity index (χ1n) is 8.54. The van der Waals surface area contributed by atoms with E-state index in [2.05, 4.69) is 11.1 Å². The second-order valence-corrected chi connectivity index (χ2v) is 7.56. The number of thiazole rings is 1. The van der Waals surface area contributed by atoms with Crippen molar-refractivity contribution in [1.29, 1.82) is 5.26 Å². The quantitative estimate of drug-likeness (QED) is 0.552. The lowest BCUT2D eigenvalue weighted by Crippen LogP contribution is -2.24. The lowest BCUT2D eigenvalue weighted by Gasteiger charge is -2.22. The monoisotopic (exact) mass is 411 g/mol. The molecular weight excluding hydrogens is 394 g/mol. The third kappa shape index (κ3) is 4.33. The third-order valence-electron chi connectivity index (χ3n) is 4.02. The van der Waals surface area contributed by atoms with Gasteiger partial charge in [0.05, 0.1) is 28.0 Å². The van der Waals surface area contributed by atoms with E-state index < -0.39 is 0 Å². The second kappa shape index (κ2) is 8.42. The largest absolute Gasteiger partial charge is 0.487 e. The number of hydrogen-bond donors (Lipinski definition) is 0. The summed E-state index contributed by atoms with van der Waals surface area (Å²) in [6, 6.07) is 12.8. The minimum atomic E-state index is -0.169. The molecule has 0 saturated heterocycles. The van der Waals surface area contributed by atoms with E-state index in [1.807, 2.05) is 31.4 Å². The summed E-state index contributed by atoms with van der Waals surface area (Å²) < 4.78 is 5.72. The van der Waals surface area contributed by atoms with Crippen LogP contribution in [0.2, 0.25) is 5.02 Å². The summed E-state index contributed by atoms with van der Waals surface area (Å²) in [6.07, 6.45) is 0. The molecule has 1 heterocycles. The molecule has 0 spiro atoms. The number of nitrogens with zero attached hydrogens (tertiary/aromatic N) is 3. The average Bonchev–Trinajstić information content (AvgIpc) is 3.11. The Labute approximate surface area is 172 Å². The van der Waals surface area contributed by atoms with Gasteiger partial charge in [0.15, 0.2) is 5.13 Å². The Bertz CT molecular complexity index is 1050. The fraction of sp³-hybridized carbons (Fsp3) is 0.190. The molecule has 7 heteroatoms. The maximum absolute atomic E-state index is 12.4. The highest BCUT2D eigenvalue weighted by Gasteiger charge is 2.22. The summed E-state index contributed by atoms with van der Waals surface area (Å²) in [6.45, 7) is 5.60. The van der Waals surface area contributed by atoms with E-state index in [1.54, 1.807) is 24.3 Å². The standard InChI is InChI=1S/C21H18ClN3O2S/c1-13-7-14(2)20(19(22)8-13)25(15(3)26)21-24-17(12-28-21)11-27-18-6-4-5-16(9-18)10-23/h4-9,12H,11H2,1-3H3. The fourth-order valence-corrected chi connectivity index (χ4v) is 4.12. The van der Waals surface area contributed by atoms with E-state index in [0.29, 0.717) is 32.8 Å². The Balaban J connectivity index is 1.84. The van der Waals surface area contributed by atoms with Gasteiger partial charge < -0.3 is 4.74 Å². The van der Waals surface area contributed by atoms with Crippen LogP contribution in [-0.4, -0.2) is 10.9 Å². The van der Waals surface area contributed by atoms with Crippen LogP contribution in [0.25, 0.3) is 0 Å². The van der Waals surface area contributed by atoms with Gasteiger partial charge >= 0.3 is 0 Å². The lowest BCUT2D eigenvalue weighted by atomic mass is 10.1. The molecule has 3 aromatic rings. The van der Waals surface area contributed by atoms with E-state index in [0.717, 1.165) is 11.1 Å². The predicted molar refractivity (Wildman–Crippen MR) is 111 cm³/mol. The van der Waals surface area contributed by atoms with Crippen LogP contribution in [0.4, 0.5) is 10.8 Å². The van der Waals surface area contributed by atoms with Crippen molar-refractivity contribution in [1.82, 2.24) is 4.98 Å². The van der Waals surface area contributed by atoms with Gasteiger partial charge in [-0.3, -0.25) is 9.69 Å². The predicted octanol–water partition coefficient (Wildman–Crippen LogP) is 5.55. The van der Waals surface area contributed by atoms with Gasteiger partial charge in [-0.15, -0.1) is 11.3 Å². The molecular formula is C21H18ClN3O2S. The van der Waals surface area contributed by atoms with Crippen LogP contribution in [0.3, 0.4) is 0 Å². The number of amides is 1. The maximum Gasteiger partial charge on any atom is 0.230 e. The Morgan fingerprint density at radius 3 is 2.79 bits per heavy atom. The van der Waals surface area contributed by atoms with Crippen molar-refractivity contribution in [2.45, 2.75) is 27.4 Å². The molecule has 1 aromatic heterocycles. The molecule has 0 fully saturated rings. The van der Waals surface area contributed by atoms with Crippen molar-refractivity contribution >= 4 is 39.7 Å². The van der Waals surface area contributed by atoms with E-state index in [9.17, 15) is 4.79 Å². The highest BCUT2D eigenvalue weighted by Crippen LogP contribution is 2.37. The number of nitriles is 1. The SMILES string of the molecule is CC(=O)N(c1nc(COc2cccc(C#N)c2)cs1)c1c(C)cc(C)cc1Cl. The van der Waals surface area contributed by atoms with Crippen LogP contribution >= 0.6 is 22.9 Å². The van der Waals surface area contributed by atoms with Crippen molar-refractivity contribution in [3.8, 4) is 11.8 Å². The number of carbonyl (C=O) groups is 1. The molecule has 2 aromatic carbocycles. The van der Waals surface area contributed by atoms with Crippen molar-refractivity contribution in [2.75, 3.05) is 4.90 Å². The van der Waals surface area contributed by atoms with E-state index >= 15 is 0 Å². The highest BCUT2D eigenvalue weighted by atomic mass is 35.5. The molecule has 5 nitrogen and oxygen atoms in total. The molecule has 0 saturated carbocycles. The zero-order valence-corrected chi connectivity index (χ0v) is 17.3. The molecule has 0 N–H and O–H groups in total. The molecule has 1 amide bonds. The Morgan fingerprint density at radius 2 is 2.11 bits per heavy atom. The first-order valence-corrected chi connectivity index (χ1v) is 9.79. The maximum atomic E-state index is 12.4. The smallest absolute Gasteiger partial charge is 0.230 e. The van der Waals surface area contributed by atoms with Gasteiger partial charge in [-0.25, -0.2) is 4.98 Å². The zero-order chi connectivity index (χ0) is 20.3. The average molecular weight is 412 g/mol. The Hall–Kier alpha value is -2.88. The van der Waals surface area contributed by atoms with Gasteiger partial charge in [0.25, 0.3) is 0 Å². The second-order valence-electron chi connectivity index (χ2n) is 6.32. The van der Waals surface area contributed by atoms with Crippen LogP contribution in [0.5, 0.6) is 5.75 Å². The minimum Gasteiger partial charge on any atom is -0.487 e. The molecule has 28 heavy (non-hydrogen) atoms. The number of hydrogen-bond acceptors (Lipinski definition) is 5. The number of halogens is 1. The molecule has 0 aliphatic heterocycles. The topological polar surface area (TPSA) is 66.2 Å². The van der Waals surface area contributed by atoms with Crippen molar-refractivity contribution in [3.05, 3.63) is 69.2 Å². The van der Waals surface area contributed by atoms with E-state index in [1.165, 1.54) is 23.2 Å². The number of aryl methyl sites for hydroxylation is 2. The first-order chi connectivity index (χ1) is 13.4. The van der Waals surface area contributed by atoms with Crippen molar-refractivity contribution in [2.24, 2.45) is 0 Å². The summed E-state index contributed by atoms with van der Waals surface area (Å²) in [5.74, 6) is 0.423. The molecule has 0 aliphatic rings. The Kier molecular flexibility index (Phi) is 5.98. The van der Waals surface area contributed by atoms with Crippen LogP contribution in [0.1, 0.15) is 29.3 Å². The van der Waals surface area contributed by atoms with Crippen molar-refractivity contribution < 1.29 is 9.53 Å². The van der Waals surface area contributed by atoms with Gasteiger partial charge in [0.1, 0.15) is 12.4 Å². The highest BCUT2D eigenvalue weighted by molar-refractivity contribution is 7.14. The van der Waals surface area contributed by atoms with Crippen molar-refractivity contribution in [3.63, 3.8) is 0 Å². The number of rotatable bonds is 5. The van der Waals surface area contributed by atoms with Gasteiger partial charge in [-0.05, 0) is 49.2 Å². The molecule has 142 valence electrons. The molecule has 0 bridgehead atoms. The number of anilines is 2. The summed E-state index contributed by atoms with van der Waals surface area (Å²) in [5, 5.41) is 11.9. The van der Waals surface area contributed by atoms with Crippen LogP contribution in [0, 0.1) is 25.2 Å². The van der Waals surface area contributed by atoms with E-state index in [4.69, 9.17) is 21.6 Å². The minimum absolute atomic E-state index is 0.169. The summed E-state index contributed by atoms with van der Waals surface area (Å²) in [5.41, 5.74) is 3.80. The molecule has 0 unspecified atom stereocenters. The summed E-state index contributed by atoms with van der Waals surface area (Å²) >= 11 is 7.78. The molecule has 0 radical (unpaired) electrons. The molecule has 3 rings (SSSR count). The lowest BCUT2D eigenvalue weighted by molar-refractivity contribution is -0.115. The summed E-state index contributed by atoms with van der Waals surface area (Å²) in [4.78, 5) is 18.4. The van der Waals surface area contributed by atoms with Gasteiger partial charge in [0.2, 0.25) is 5.91 Å². The fourth-order valence-electron chi connectivity index (χ4n) is 2.86. The van der Waals surface area contributed by atoms with Crippen LogP contribution in [0.15, 0.2) is 41.8 Å². The molecule has 0 atom stereocenters. The number of benzene rings is 2. The normalized spacial score (nSPS) is 10.4. The van der Waals surface area contributed by atoms with Gasteiger partial charge in [-0.2, -0.15) is 5.26 Å². The van der Waals surface area contributed by atoms with Crippen LogP contribution < -0.4 is 9.64 Å². The third-order valence-corrected chi connectivity index (χ3v) is 5.18. The number of ether oxygens (including phenoxy) is 1. The summed E-state index contributed by atoms with van der Waals surface area (Å²) in [7, 11) is 0. The van der Waals surface area contributed by atoms with Gasteiger partial charge in [0, 0.05) is 12.3 Å². The Morgan fingerprint density at radius 1 is 1.32 bits per heavy atom. The number of carbonyl (C=O) groups excluding carboxylic acids is 1. The molecule has 0 aliphatic carbocycles. The zero-order valence-electron chi connectivity index (χ0n) is 15.7. The first kappa shape index (κ1) is 19.9. The van der Waals surface area contributed by atoms with E-state index in [-0.39, 0.29) is 12.5 Å². The van der Waals surface area contributed by atoms with Gasteiger partial charge in [-0.1, -0.05) is 23.7 Å². The van der Waals surface area contributed by atoms with Crippen LogP contribution in [-0.2, 0) is 11.4 Å². The number of aromatic nitrogens is 1.